The summed E-state index contributed by atoms with van der Waals surface area (Å²) in [6.07, 6.45) is 1.80. The molecule has 0 saturated carbocycles. The van der Waals surface area contributed by atoms with E-state index in [2.05, 4.69) is 22.1 Å². The summed E-state index contributed by atoms with van der Waals surface area (Å²) in [4.78, 5) is 16.8. The molecule has 0 atom stereocenters. The lowest BCUT2D eigenvalue weighted by atomic mass is 10.2. The summed E-state index contributed by atoms with van der Waals surface area (Å²) in [7, 11) is 3.51. The van der Waals surface area contributed by atoms with E-state index in [4.69, 9.17) is 4.74 Å². The van der Waals surface area contributed by atoms with E-state index in [9.17, 15) is 4.79 Å². The van der Waals surface area contributed by atoms with Crippen LogP contribution in [0, 0.1) is 6.92 Å². The molecule has 1 amide bonds. The summed E-state index contributed by atoms with van der Waals surface area (Å²) in [6.45, 7) is 4.98. The van der Waals surface area contributed by atoms with Crippen LogP contribution < -0.4 is 9.64 Å². The molecule has 1 aromatic heterocycles. The van der Waals surface area contributed by atoms with Crippen molar-refractivity contribution in [1.29, 1.82) is 0 Å². The number of piperazine rings is 1. The number of carbonyl (C=O) groups excluding carboxylic acids is 1. The second-order valence-corrected chi connectivity index (χ2v) is 5.78. The summed E-state index contributed by atoms with van der Waals surface area (Å²) in [5, 5.41) is 4.25. The van der Waals surface area contributed by atoms with Crippen molar-refractivity contribution in [3.63, 3.8) is 0 Å². The Bertz CT molecular complexity index is 685. The number of hydrogen-bond donors (Lipinski definition) is 0. The van der Waals surface area contributed by atoms with Gasteiger partial charge in [-0.15, -0.1) is 0 Å². The highest BCUT2D eigenvalue weighted by atomic mass is 16.5. The summed E-state index contributed by atoms with van der Waals surface area (Å²) in [5.74, 6) is 0.930. The van der Waals surface area contributed by atoms with Gasteiger partial charge < -0.3 is 14.5 Å². The van der Waals surface area contributed by atoms with Crippen molar-refractivity contribution in [3.8, 4) is 5.75 Å². The van der Waals surface area contributed by atoms with Gasteiger partial charge in [-0.3, -0.25) is 9.48 Å². The molecule has 0 N–H and O–H groups in total. The zero-order valence-corrected chi connectivity index (χ0v) is 13.8. The van der Waals surface area contributed by atoms with Crippen LogP contribution in [0.5, 0.6) is 5.75 Å². The number of amides is 1. The molecule has 0 aliphatic carbocycles. The van der Waals surface area contributed by atoms with Gasteiger partial charge in [0.1, 0.15) is 5.75 Å². The van der Waals surface area contributed by atoms with Crippen molar-refractivity contribution < 1.29 is 9.53 Å². The molecule has 2 aromatic rings. The molecule has 0 spiro atoms. The maximum atomic E-state index is 12.6. The molecule has 6 nitrogen and oxygen atoms in total. The van der Waals surface area contributed by atoms with Gasteiger partial charge in [0.25, 0.3) is 5.91 Å². The predicted octanol–water partition coefficient (Wildman–Crippen LogP) is 1.70. The number of aromatic nitrogens is 2. The molecule has 0 unspecified atom stereocenters. The molecule has 6 heteroatoms. The number of hydrogen-bond acceptors (Lipinski definition) is 4. The average Bonchev–Trinajstić information content (AvgIpc) is 2.93. The van der Waals surface area contributed by atoms with Crippen LogP contribution in [0.1, 0.15) is 16.1 Å². The van der Waals surface area contributed by atoms with Crippen LogP contribution in [0.3, 0.4) is 0 Å². The Labute approximate surface area is 136 Å². The van der Waals surface area contributed by atoms with Gasteiger partial charge >= 0.3 is 0 Å². The number of anilines is 1. The Kier molecular flexibility index (Phi) is 4.23. The van der Waals surface area contributed by atoms with Crippen molar-refractivity contribution in [1.82, 2.24) is 14.7 Å². The van der Waals surface area contributed by atoms with Crippen LogP contribution in [0.4, 0.5) is 5.69 Å². The normalized spacial score (nSPS) is 14.9. The molecule has 3 rings (SSSR count). The maximum absolute atomic E-state index is 12.6. The van der Waals surface area contributed by atoms with Gasteiger partial charge in [-0.2, -0.15) is 5.10 Å². The van der Waals surface area contributed by atoms with Crippen LogP contribution in [-0.2, 0) is 7.05 Å². The number of carbonyl (C=O) groups is 1. The van der Waals surface area contributed by atoms with E-state index in [1.165, 1.54) is 0 Å². The number of methoxy groups -OCH3 is 1. The molecule has 0 radical (unpaired) electrons. The van der Waals surface area contributed by atoms with E-state index < -0.39 is 0 Å². The predicted molar refractivity (Wildman–Crippen MR) is 89.1 cm³/mol. The fraction of sp³-hybridized carbons (Fsp3) is 0.412. The Morgan fingerprint density at radius 3 is 2.30 bits per heavy atom. The standard InChI is InChI=1S/C17H22N4O2/c1-13-16(12-19(2)18-13)17(22)21-10-8-20(9-11-21)14-4-6-15(23-3)7-5-14/h4-7,12H,8-11H2,1-3H3. The quantitative estimate of drug-likeness (QED) is 0.865. The summed E-state index contributed by atoms with van der Waals surface area (Å²) in [5.41, 5.74) is 2.65. The molecule has 1 aliphatic rings. The van der Waals surface area contributed by atoms with Crippen LogP contribution in [0.25, 0.3) is 0 Å². The van der Waals surface area contributed by atoms with Gasteiger partial charge in [0.2, 0.25) is 0 Å². The number of rotatable bonds is 3. The van der Waals surface area contributed by atoms with E-state index in [-0.39, 0.29) is 5.91 Å². The Hall–Kier alpha value is -2.50. The second kappa shape index (κ2) is 6.32. The van der Waals surface area contributed by atoms with Crippen LogP contribution in [-0.4, -0.2) is 53.9 Å². The van der Waals surface area contributed by atoms with Gasteiger partial charge in [0.05, 0.1) is 18.4 Å². The molecule has 122 valence electrons. The Morgan fingerprint density at radius 2 is 1.78 bits per heavy atom. The van der Waals surface area contributed by atoms with E-state index in [0.717, 1.165) is 43.3 Å². The monoisotopic (exact) mass is 314 g/mol. The summed E-state index contributed by atoms with van der Waals surface area (Å²) < 4.78 is 6.88. The first-order chi connectivity index (χ1) is 11.1. The highest BCUT2D eigenvalue weighted by Gasteiger charge is 2.24. The van der Waals surface area contributed by atoms with Gasteiger partial charge in [-0.1, -0.05) is 0 Å². The molecule has 1 aliphatic heterocycles. The van der Waals surface area contributed by atoms with Crippen LogP contribution >= 0.6 is 0 Å². The lowest BCUT2D eigenvalue weighted by molar-refractivity contribution is 0.0746. The van der Waals surface area contributed by atoms with E-state index >= 15 is 0 Å². The summed E-state index contributed by atoms with van der Waals surface area (Å²) in [6, 6.07) is 8.04. The minimum absolute atomic E-state index is 0.0741. The third-order valence-electron chi connectivity index (χ3n) is 4.25. The van der Waals surface area contributed by atoms with Crippen LogP contribution in [0.15, 0.2) is 30.5 Å². The smallest absolute Gasteiger partial charge is 0.257 e. The van der Waals surface area contributed by atoms with Gasteiger partial charge in [-0.25, -0.2) is 0 Å². The molecular weight excluding hydrogens is 292 g/mol. The molecule has 23 heavy (non-hydrogen) atoms. The van der Waals surface area contributed by atoms with Crippen molar-refractivity contribution in [2.24, 2.45) is 7.05 Å². The van der Waals surface area contributed by atoms with E-state index in [1.54, 1.807) is 18.0 Å². The van der Waals surface area contributed by atoms with Crippen molar-refractivity contribution in [2.75, 3.05) is 38.2 Å². The highest BCUT2D eigenvalue weighted by Crippen LogP contribution is 2.21. The topological polar surface area (TPSA) is 50.6 Å². The number of benzene rings is 1. The van der Waals surface area contributed by atoms with Gasteiger partial charge in [0, 0.05) is 45.1 Å². The molecule has 1 saturated heterocycles. The largest absolute Gasteiger partial charge is 0.497 e. The zero-order chi connectivity index (χ0) is 16.4. The molecule has 2 heterocycles. The first-order valence-corrected chi connectivity index (χ1v) is 7.77. The van der Waals surface area contributed by atoms with Crippen molar-refractivity contribution in [3.05, 3.63) is 41.7 Å². The highest BCUT2D eigenvalue weighted by molar-refractivity contribution is 5.95. The number of aryl methyl sites for hydroxylation is 2. The minimum Gasteiger partial charge on any atom is -0.497 e. The molecule has 1 aromatic carbocycles. The lowest BCUT2D eigenvalue weighted by Gasteiger charge is -2.36. The van der Waals surface area contributed by atoms with Crippen molar-refractivity contribution in [2.45, 2.75) is 6.92 Å². The fourth-order valence-corrected chi connectivity index (χ4v) is 2.94. The average molecular weight is 314 g/mol. The van der Waals surface area contributed by atoms with Gasteiger partial charge in [0.15, 0.2) is 0 Å². The van der Waals surface area contributed by atoms with E-state index in [1.807, 2.05) is 31.0 Å². The third-order valence-corrected chi connectivity index (χ3v) is 4.25. The summed E-state index contributed by atoms with van der Waals surface area (Å²) >= 11 is 0. The molecule has 1 fully saturated rings. The molecular formula is C17H22N4O2. The SMILES string of the molecule is COc1ccc(N2CCN(C(=O)c3cn(C)nc3C)CC2)cc1. The number of nitrogens with zero attached hydrogens (tertiary/aromatic N) is 4. The third kappa shape index (κ3) is 3.16. The first-order valence-electron chi connectivity index (χ1n) is 7.77. The molecule has 0 bridgehead atoms. The van der Waals surface area contributed by atoms with Gasteiger partial charge in [-0.05, 0) is 31.2 Å². The van der Waals surface area contributed by atoms with E-state index in [0.29, 0.717) is 5.56 Å². The maximum Gasteiger partial charge on any atom is 0.257 e. The first kappa shape index (κ1) is 15.4. The second-order valence-electron chi connectivity index (χ2n) is 5.78. The lowest BCUT2D eigenvalue weighted by Crippen LogP contribution is -2.48. The van der Waals surface area contributed by atoms with Crippen molar-refractivity contribution >= 4 is 11.6 Å². The van der Waals surface area contributed by atoms with Crippen LogP contribution in [0.2, 0.25) is 0 Å². The zero-order valence-electron chi connectivity index (χ0n) is 13.8. The Balaban J connectivity index is 1.63. The Morgan fingerprint density at radius 1 is 1.13 bits per heavy atom. The minimum atomic E-state index is 0.0741. The fourth-order valence-electron chi connectivity index (χ4n) is 2.94. The number of ether oxygens (including phenoxy) is 1.